The smallest absolute Gasteiger partial charge is 0.255 e. The molecule has 0 radical (unpaired) electrons. The summed E-state index contributed by atoms with van der Waals surface area (Å²) in [6.07, 6.45) is 1.75. The molecule has 0 unspecified atom stereocenters. The third kappa shape index (κ3) is 4.14. The number of nitrogens with zero attached hydrogens (tertiary/aromatic N) is 1. The molecular weight excluding hydrogens is 380 g/mol. The molecule has 1 atom stereocenters. The summed E-state index contributed by atoms with van der Waals surface area (Å²) in [7, 11) is 0. The number of benzene rings is 2. The third-order valence-corrected chi connectivity index (χ3v) is 5.69. The molecule has 0 bridgehead atoms. The lowest BCUT2D eigenvalue weighted by atomic mass is 9.82. The lowest BCUT2D eigenvalue weighted by Crippen LogP contribution is -2.34. The molecule has 2 aromatic carbocycles. The molecule has 0 aromatic heterocycles. The highest BCUT2D eigenvalue weighted by Gasteiger charge is 2.33. The first-order valence-corrected chi connectivity index (χ1v) is 10.5. The molecule has 2 N–H and O–H groups in total. The SMILES string of the molecule is CCN(CC)CCC[C@H](C)NC(=O)c1ccc2c(c1O)C(=O)c1ccccc1C2=O. The average Bonchev–Trinajstić information content (AvgIpc) is 2.74. The maximum atomic E-state index is 12.9. The van der Waals surface area contributed by atoms with E-state index in [1.807, 2.05) is 6.92 Å². The molecule has 30 heavy (non-hydrogen) atoms. The van der Waals surface area contributed by atoms with Crippen LogP contribution in [0.1, 0.15) is 75.8 Å². The minimum absolute atomic E-state index is 0.00451. The molecule has 1 aliphatic rings. The van der Waals surface area contributed by atoms with Crippen LogP contribution in [0.15, 0.2) is 36.4 Å². The number of hydrogen-bond acceptors (Lipinski definition) is 5. The third-order valence-electron chi connectivity index (χ3n) is 5.69. The molecule has 0 saturated heterocycles. The number of amides is 1. The van der Waals surface area contributed by atoms with E-state index in [2.05, 4.69) is 24.1 Å². The summed E-state index contributed by atoms with van der Waals surface area (Å²) in [6.45, 7) is 9.12. The zero-order chi connectivity index (χ0) is 21.8. The molecule has 0 saturated carbocycles. The van der Waals surface area contributed by atoms with E-state index in [1.54, 1.807) is 24.3 Å². The number of fused-ring (bicyclic) bond motifs is 2. The van der Waals surface area contributed by atoms with E-state index in [0.717, 1.165) is 32.5 Å². The number of nitrogens with one attached hydrogen (secondary N) is 1. The molecule has 3 rings (SSSR count). The lowest BCUT2D eigenvalue weighted by Gasteiger charge is -2.21. The van der Waals surface area contributed by atoms with Crippen LogP contribution in [0.25, 0.3) is 0 Å². The predicted molar refractivity (Wildman–Crippen MR) is 115 cm³/mol. The van der Waals surface area contributed by atoms with Gasteiger partial charge in [0.1, 0.15) is 5.75 Å². The highest BCUT2D eigenvalue weighted by molar-refractivity contribution is 6.30. The van der Waals surface area contributed by atoms with Crippen molar-refractivity contribution in [3.8, 4) is 5.75 Å². The molecule has 1 amide bonds. The Morgan fingerprint density at radius 3 is 2.27 bits per heavy atom. The topological polar surface area (TPSA) is 86.7 Å². The molecular formula is C24H28N2O4. The van der Waals surface area contributed by atoms with Crippen molar-refractivity contribution in [3.05, 3.63) is 64.2 Å². The van der Waals surface area contributed by atoms with Crippen LogP contribution < -0.4 is 5.32 Å². The van der Waals surface area contributed by atoms with Gasteiger partial charge < -0.3 is 15.3 Å². The Kier molecular flexibility index (Phi) is 6.67. The van der Waals surface area contributed by atoms with Crippen molar-refractivity contribution >= 4 is 17.5 Å². The first kappa shape index (κ1) is 21.7. The van der Waals surface area contributed by atoms with Crippen molar-refractivity contribution < 1.29 is 19.5 Å². The second-order valence-electron chi connectivity index (χ2n) is 7.63. The van der Waals surface area contributed by atoms with Crippen LogP contribution in [-0.2, 0) is 0 Å². The summed E-state index contributed by atoms with van der Waals surface area (Å²) in [5, 5.41) is 13.6. The molecule has 0 heterocycles. The Bertz CT molecular complexity index is 979. The minimum Gasteiger partial charge on any atom is -0.506 e. The number of carbonyl (C=O) groups is 3. The summed E-state index contributed by atoms with van der Waals surface area (Å²) in [5.74, 6) is -1.66. The van der Waals surface area contributed by atoms with E-state index in [4.69, 9.17) is 0 Å². The van der Waals surface area contributed by atoms with Gasteiger partial charge in [-0.15, -0.1) is 0 Å². The van der Waals surface area contributed by atoms with Gasteiger partial charge in [-0.3, -0.25) is 14.4 Å². The number of hydrogen-bond donors (Lipinski definition) is 2. The number of rotatable bonds is 8. The number of ketones is 2. The maximum absolute atomic E-state index is 12.9. The van der Waals surface area contributed by atoms with E-state index >= 15 is 0 Å². The normalized spacial score (nSPS) is 13.7. The molecule has 0 aliphatic heterocycles. The average molecular weight is 408 g/mol. The fourth-order valence-corrected chi connectivity index (χ4v) is 3.89. The van der Waals surface area contributed by atoms with Crippen LogP contribution in [0, 0.1) is 0 Å². The largest absolute Gasteiger partial charge is 0.506 e. The highest BCUT2D eigenvalue weighted by atomic mass is 16.3. The van der Waals surface area contributed by atoms with Gasteiger partial charge in [0.25, 0.3) is 5.91 Å². The first-order chi connectivity index (χ1) is 14.4. The summed E-state index contributed by atoms with van der Waals surface area (Å²) in [5.41, 5.74) is 0.589. The van der Waals surface area contributed by atoms with Gasteiger partial charge in [-0.2, -0.15) is 0 Å². The first-order valence-electron chi connectivity index (χ1n) is 10.5. The van der Waals surface area contributed by atoms with Crippen molar-refractivity contribution in [2.45, 2.75) is 39.7 Å². The zero-order valence-electron chi connectivity index (χ0n) is 17.7. The number of phenols is 1. The van der Waals surface area contributed by atoms with Crippen molar-refractivity contribution in [3.63, 3.8) is 0 Å². The Labute approximate surface area is 176 Å². The Hall–Kier alpha value is -2.99. The molecule has 2 aromatic rings. The fraction of sp³-hybridized carbons (Fsp3) is 0.375. The Balaban J connectivity index is 1.76. The van der Waals surface area contributed by atoms with Gasteiger partial charge in [0, 0.05) is 22.7 Å². The minimum atomic E-state index is -0.454. The predicted octanol–water partition coefficient (Wildman–Crippen LogP) is 3.41. The summed E-state index contributed by atoms with van der Waals surface area (Å²) < 4.78 is 0. The van der Waals surface area contributed by atoms with Crippen molar-refractivity contribution in [1.82, 2.24) is 10.2 Å². The van der Waals surface area contributed by atoms with Gasteiger partial charge in [0.2, 0.25) is 0 Å². The molecule has 0 spiro atoms. The van der Waals surface area contributed by atoms with Gasteiger partial charge in [-0.05, 0) is 51.5 Å². The van der Waals surface area contributed by atoms with Gasteiger partial charge in [-0.25, -0.2) is 0 Å². The monoisotopic (exact) mass is 408 g/mol. The van der Waals surface area contributed by atoms with Gasteiger partial charge >= 0.3 is 0 Å². The summed E-state index contributed by atoms with van der Waals surface area (Å²) in [6, 6.07) is 9.29. The quantitative estimate of drug-likeness (QED) is 0.597. The van der Waals surface area contributed by atoms with Gasteiger partial charge in [-0.1, -0.05) is 38.1 Å². The summed E-state index contributed by atoms with van der Waals surface area (Å²) >= 11 is 0. The van der Waals surface area contributed by atoms with Crippen molar-refractivity contribution in [1.29, 1.82) is 0 Å². The maximum Gasteiger partial charge on any atom is 0.255 e. The van der Waals surface area contributed by atoms with Crippen LogP contribution in [0.3, 0.4) is 0 Å². The molecule has 6 nitrogen and oxygen atoms in total. The number of phenolic OH excluding ortho intramolecular Hbond substituents is 1. The van der Waals surface area contributed by atoms with Crippen molar-refractivity contribution in [2.75, 3.05) is 19.6 Å². The van der Waals surface area contributed by atoms with Crippen LogP contribution in [0.5, 0.6) is 5.75 Å². The number of aromatic hydroxyl groups is 1. The second kappa shape index (κ2) is 9.22. The highest BCUT2D eigenvalue weighted by Crippen LogP contribution is 2.34. The molecule has 1 aliphatic carbocycles. The molecule has 0 fully saturated rings. The summed E-state index contributed by atoms with van der Waals surface area (Å²) in [4.78, 5) is 40.7. The van der Waals surface area contributed by atoms with Crippen LogP contribution in [-0.4, -0.2) is 53.2 Å². The molecule has 158 valence electrons. The number of carbonyl (C=O) groups excluding carboxylic acids is 3. The van der Waals surface area contributed by atoms with Crippen LogP contribution in [0.4, 0.5) is 0 Å². The second-order valence-corrected chi connectivity index (χ2v) is 7.63. The van der Waals surface area contributed by atoms with Crippen molar-refractivity contribution in [2.24, 2.45) is 0 Å². The van der Waals surface area contributed by atoms with E-state index in [0.29, 0.717) is 5.56 Å². The van der Waals surface area contributed by atoms with E-state index in [-0.39, 0.29) is 34.1 Å². The zero-order valence-corrected chi connectivity index (χ0v) is 17.7. The Morgan fingerprint density at radius 2 is 1.63 bits per heavy atom. The van der Waals surface area contributed by atoms with Crippen LogP contribution in [0.2, 0.25) is 0 Å². The standard InChI is InChI=1S/C24H28N2O4/c1-4-26(5-2)14-8-9-15(3)25-24(30)19-13-12-18-20(23(19)29)22(28)17-11-7-6-10-16(17)21(18)27/h6-7,10-13,15,29H,4-5,8-9,14H2,1-3H3,(H,25,30)/t15-/m0/s1. The van der Waals surface area contributed by atoms with Gasteiger partial charge in [0.05, 0.1) is 11.1 Å². The fourth-order valence-electron chi connectivity index (χ4n) is 3.89. The molecule has 6 heteroatoms. The van der Waals surface area contributed by atoms with E-state index in [9.17, 15) is 19.5 Å². The lowest BCUT2D eigenvalue weighted by molar-refractivity contribution is 0.0932. The van der Waals surface area contributed by atoms with E-state index in [1.165, 1.54) is 12.1 Å². The van der Waals surface area contributed by atoms with Crippen LogP contribution >= 0.6 is 0 Å². The van der Waals surface area contributed by atoms with E-state index < -0.39 is 17.4 Å². The van der Waals surface area contributed by atoms with Gasteiger partial charge in [0.15, 0.2) is 11.6 Å². The Morgan fingerprint density at radius 1 is 1.00 bits per heavy atom.